The minimum Gasteiger partial charge on any atom is -0.375 e. The molecule has 20 heavy (non-hydrogen) atoms. The zero-order valence-corrected chi connectivity index (χ0v) is 13.3. The molecule has 0 aromatic heterocycles. The van der Waals surface area contributed by atoms with Crippen molar-refractivity contribution in [1.82, 2.24) is 14.5 Å². The zero-order chi connectivity index (χ0) is 15.2. The third-order valence-electron chi connectivity index (χ3n) is 3.37. The smallest absolute Gasteiger partial charge is 0.317 e. The second-order valence-corrected chi connectivity index (χ2v) is 7.11. The van der Waals surface area contributed by atoms with Crippen LogP contribution in [0.5, 0.6) is 0 Å². The highest BCUT2D eigenvalue weighted by Crippen LogP contribution is 2.08. The van der Waals surface area contributed by atoms with Crippen LogP contribution in [0.1, 0.15) is 19.8 Å². The average molecular weight is 307 g/mol. The van der Waals surface area contributed by atoms with Crippen molar-refractivity contribution in [2.75, 3.05) is 46.1 Å². The van der Waals surface area contributed by atoms with Crippen molar-refractivity contribution in [3.05, 3.63) is 0 Å². The van der Waals surface area contributed by atoms with Gasteiger partial charge in [-0.2, -0.15) is 0 Å². The summed E-state index contributed by atoms with van der Waals surface area (Å²) in [5.74, 6) is 0. The van der Waals surface area contributed by atoms with E-state index >= 15 is 0 Å². The highest BCUT2D eigenvalue weighted by atomic mass is 32.2. The van der Waals surface area contributed by atoms with Crippen molar-refractivity contribution in [3.8, 4) is 0 Å². The Balaban J connectivity index is 2.23. The van der Waals surface area contributed by atoms with Crippen LogP contribution in [0.15, 0.2) is 0 Å². The van der Waals surface area contributed by atoms with E-state index in [-0.39, 0.29) is 12.1 Å². The summed E-state index contributed by atoms with van der Waals surface area (Å²) in [6, 6.07) is -0.103. The van der Waals surface area contributed by atoms with Gasteiger partial charge in [0.15, 0.2) is 0 Å². The van der Waals surface area contributed by atoms with Crippen LogP contribution in [0.3, 0.4) is 0 Å². The second-order valence-electron chi connectivity index (χ2n) is 5.02. The summed E-state index contributed by atoms with van der Waals surface area (Å²) in [7, 11) is -1.61. The molecule has 0 aromatic rings. The van der Waals surface area contributed by atoms with Crippen molar-refractivity contribution in [1.29, 1.82) is 0 Å². The highest BCUT2D eigenvalue weighted by molar-refractivity contribution is 7.88. The van der Waals surface area contributed by atoms with Crippen molar-refractivity contribution < 1.29 is 17.9 Å². The molecule has 0 radical (unpaired) electrons. The summed E-state index contributed by atoms with van der Waals surface area (Å²) in [6.45, 7) is 4.69. The molecular formula is C12H25N3O4S. The summed E-state index contributed by atoms with van der Waals surface area (Å²) in [6.07, 6.45) is 2.77. The summed E-state index contributed by atoms with van der Waals surface area (Å²) in [5.41, 5.74) is 0. The normalized spacial score (nSPS) is 20.2. The molecule has 2 amide bonds. The maximum absolute atomic E-state index is 11.9. The van der Waals surface area contributed by atoms with E-state index in [9.17, 15) is 13.2 Å². The van der Waals surface area contributed by atoms with Gasteiger partial charge in [-0.15, -0.1) is 0 Å². The molecule has 0 spiro atoms. The van der Waals surface area contributed by atoms with E-state index in [2.05, 4.69) is 5.32 Å². The van der Waals surface area contributed by atoms with Crippen molar-refractivity contribution in [2.45, 2.75) is 25.9 Å². The molecule has 7 nitrogen and oxygen atoms in total. The lowest BCUT2D eigenvalue weighted by Crippen LogP contribution is -2.49. The summed E-state index contributed by atoms with van der Waals surface area (Å²) >= 11 is 0. The number of hydrogen-bond acceptors (Lipinski definition) is 4. The molecular weight excluding hydrogens is 282 g/mol. The maximum atomic E-state index is 11.9. The SMILES string of the molecule is CC[C@@H]1CN(C(=O)NCCCN(C)S(C)(=O)=O)CCO1. The predicted octanol–water partition coefficient (Wildman–Crippen LogP) is 0.0883. The quantitative estimate of drug-likeness (QED) is 0.705. The van der Waals surface area contributed by atoms with E-state index in [0.29, 0.717) is 39.2 Å². The number of ether oxygens (including phenoxy) is 1. The minimum atomic E-state index is -3.14. The van der Waals surface area contributed by atoms with E-state index in [0.717, 1.165) is 6.42 Å². The molecule has 8 heteroatoms. The topological polar surface area (TPSA) is 79.0 Å². The first-order chi connectivity index (χ1) is 9.34. The molecule has 1 heterocycles. The van der Waals surface area contributed by atoms with Crippen molar-refractivity contribution >= 4 is 16.1 Å². The van der Waals surface area contributed by atoms with Crippen LogP contribution >= 0.6 is 0 Å². The summed E-state index contributed by atoms with van der Waals surface area (Å²) < 4.78 is 29.2. The highest BCUT2D eigenvalue weighted by Gasteiger charge is 2.22. The largest absolute Gasteiger partial charge is 0.375 e. The number of rotatable bonds is 6. The van der Waals surface area contributed by atoms with Gasteiger partial charge in [-0.05, 0) is 12.8 Å². The molecule has 0 saturated carbocycles. The van der Waals surface area contributed by atoms with Gasteiger partial charge in [-0.3, -0.25) is 0 Å². The first kappa shape index (κ1) is 17.2. The lowest BCUT2D eigenvalue weighted by atomic mass is 10.2. The fourth-order valence-corrected chi connectivity index (χ4v) is 2.39. The fraction of sp³-hybridized carbons (Fsp3) is 0.917. The Hall–Kier alpha value is -0.860. The van der Waals surface area contributed by atoms with E-state index in [1.807, 2.05) is 6.92 Å². The molecule has 1 N–H and O–H groups in total. The number of sulfonamides is 1. The zero-order valence-electron chi connectivity index (χ0n) is 12.5. The van der Waals surface area contributed by atoms with Gasteiger partial charge in [0.25, 0.3) is 0 Å². The van der Waals surface area contributed by atoms with Crippen LogP contribution in [-0.2, 0) is 14.8 Å². The third kappa shape index (κ3) is 5.64. The van der Waals surface area contributed by atoms with Gasteiger partial charge < -0.3 is 15.0 Å². The Labute approximate surface area is 121 Å². The monoisotopic (exact) mass is 307 g/mol. The van der Waals surface area contributed by atoms with Crippen molar-refractivity contribution in [2.24, 2.45) is 0 Å². The number of carbonyl (C=O) groups is 1. The molecule has 1 atom stereocenters. The number of nitrogens with zero attached hydrogens (tertiary/aromatic N) is 2. The summed E-state index contributed by atoms with van der Waals surface area (Å²) in [5, 5.41) is 2.81. The van der Waals surface area contributed by atoms with Crippen LogP contribution in [-0.4, -0.2) is 75.8 Å². The Morgan fingerprint density at radius 2 is 2.20 bits per heavy atom. The number of amides is 2. The van der Waals surface area contributed by atoms with Crippen LogP contribution in [0.25, 0.3) is 0 Å². The van der Waals surface area contributed by atoms with E-state index in [1.54, 1.807) is 4.90 Å². The molecule has 0 unspecified atom stereocenters. The lowest BCUT2D eigenvalue weighted by Gasteiger charge is -2.32. The molecule has 0 aromatic carbocycles. The molecule has 1 fully saturated rings. The minimum absolute atomic E-state index is 0.103. The third-order valence-corrected chi connectivity index (χ3v) is 4.69. The first-order valence-corrected chi connectivity index (χ1v) is 8.75. The molecule has 1 saturated heterocycles. The first-order valence-electron chi connectivity index (χ1n) is 6.90. The van der Waals surface area contributed by atoms with E-state index in [1.165, 1.54) is 17.6 Å². The molecule has 0 bridgehead atoms. The maximum Gasteiger partial charge on any atom is 0.317 e. The number of carbonyl (C=O) groups excluding carboxylic acids is 1. The van der Waals surface area contributed by atoms with Gasteiger partial charge in [0, 0.05) is 33.2 Å². The van der Waals surface area contributed by atoms with E-state index < -0.39 is 10.0 Å². The Morgan fingerprint density at radius 3 is 2.80 bits per heavy atom. The van der Waals surface area contributed by atoms with Gasteiger partial charge in [0.1, 0.15) is 0 Å². The van der Waals surface area contributed by atoms with Gasteiger partial charge >= 0.3 is 6.03 Å². The van der Waals surface area contributed by atoms with Crippen LogP contribution in [0, 0.1) is 0 Å². The molecule has 118 valence electrons. The number of urea groups is 1. The van der Waals surface area contributed by atoms with Crippen LogP contribution in [0.2, 0.25) is 0 Å². The Bertz CT molecular complexity index is 413. The lowest BCUT2D eigenvalue weighted by molar-refractivity contribution is -0.0153. The Kier molecular flexibility index (Phi) is 6.70. The van der Waals surface area contributed by atoms with Gasteiger partial charge in [-0.25, -0.2) is 17.5 Å². The van der Waals surface area contributed by atoms with Crippen LogP contribution in [0.4, 0.5) is 4.79 Å². The van der Waals surface area contributed by atoms with E-state index in [4.69, 9.17) is 4.74 Å². The Morgan fingerprint density at radius 1 is 1.50 bits per heavy atom. The molecule has 0 aliphatic carbocycles. The van der Waals surface area contributed by atoms with Gasteiger partial charge in [-0.1, -0.05) is 6.92 Å². The van der Waals surface area contributed by atoms with Gasteiger partial charge in [0.05, 0.1) is 19.0 Å². The molecule has 1 aliphatic rings. The standard InChI is InChI=1S/C12H25N3O4S/c1-4-11-10-15(8-9-19-11)12(16)13-6-5-7-14(2)20(3,17)18/h11H,4-10H2,1-3H3,(H,13,16)/t11-/m1/s1. The fourth-order valence-electron chi connectivity index (χ4n) is 1.93. The van der Waals surface area contributed by atoms with Crippen LogP contribution < -0.4 is 5.32 Å². The second kappa shape index (κ2) is 7.80. The summed E-state index contributed by atoms with van der Waals surface area (Å²) in [4.78, 5) is 13.7. The number of morpholine rings is 1. The average Bonchev–Trinajstić information content (AvgIpc) is 2.42. The molecule has 1 rings (SSSR count). The van der Waals surface area contributed by atoms with Crippen molar-refractivity contribution in [3.63, 3.8) is 0 Å². The molecule has 1 aliphatic heterocycles. The number of nitrogens with one attached hydrogen (secondary N) is 1. The van der Waals surface area contributed by atoms with Gasteiger partial charge in [0.2, 0.25) is 10.0 Å². The number of hydrogen-bond donors (Lipinski definition) is 1. The predicted molar refractivity (Wildman–Crippen MR) is 77.1 cm³/mol.